The van der Waals surface area contributed by atoms with Gasteiger partial charge in [-0.15, -0.1) is 0 Å². The van der Waals surface area contributed by atoms with Crippen LogP contribution in [-0.4, -0.2) is 31.2 Å². The van der Waals surface area contributed by atoms with Crippen LogP contribution in [0.4, 0.5) is 0 Å². The molecule has 0 aliphatic heterocycles. The highest BCUT2D eigenvalue weighted by atomic mass is 16.7. The van der Waals surface area contributed by atoms with Gasteiger partial charge >= 0.3 is 0 Å². The lowest BCUT2D eigenvalue weighted by atomic mass is 9.86. The molecule has 0 saturated heterocycles. The minimum absolute atomic E-state index is 0.171. The molecule has 0 aliphatic carbocycles. The van der Waals surface area contributed by atoms with E-state index in [0.717, 1.165) is 44.3 Å². The van der Waals surface area contributed by atoms with Crippen molar-refractivity contribution in [1.29, 1.82) is 0 Å². The molecule has 0 radical (unpaired) electrons. The molecular weight excluding hydrogens is 324 g/mol. The summed E-state index contributed by atoms with van der Waals surface area (Å²) in [4.78, 5) is 0. The molecule has 0 heterocycles. The third-order valence-corrected chi connectivity index (χ3v) is 5.15. The van der Waals surface area contributed by atoms with Gasteiger partial charge in [0.05, 0.1) is 6.10 Å². The molecule has 0 aliphatic rings. The molecular formula is C23H48O3. The lowest BCUT2D eigenvalue weighted by Gasteiger charge is -2.21. The molecule has 0 aromatic carbocycles. The topological polar surface area (TPSA) is 38.7 Å². The highest BCUT2D eigenvalue weighted by Gasteiger charge is 2.14. The normalized spacial score (nSPS) is 16.4. The number of unbranched alkanes of at least 4 members (excludes halogenated alkanes) is 5. The fraction of sp³-hybridized carbons (Fsp3) is 1.00. The Morgan fingerprint density at radius 3 is 1.85 bits per heavy atom. The minimum atomic E-state index is -0.171. The maximum atomic E-state index is 9.47. The smallest absolute Gasteiger partial charge is 0.146 e. The Hall–Kier alpha value is -0.120. The Morgan fingerprint density at radius 2 is 1.19 bits per heavy atom. The fourth-order valence-corrected chi connectivity index (χ4v) is 3.96. The molecule has 0 bridgehead atoms. The highest BCUT2D eigenvalue weighted by molar-refractivity contribution is 4.65. The first kappa shape index (κ1) is 25.9. The van der Waals surface area contributed by atoms with Crippen LogP contribution < -0.4 is 0 Å². The SMILES string of the molecule is CCCCCCCCOCOCCCC(C)CC(C)CC(C)CC(C)O. The molecule has 4 atom stereocenters. The van der Waals surface area contributed by atoms with Crippen LogP contribution in [0.15, 0.2) is 0 Å². The largest absolute Gasteiger partial charge is 0.393 e. The van der Waals surface area contributed by atoms with E-state index in [0.29, 0.717) is 12.7 Å². The van der Waals surface area contributed by atoms with Crippen LogP contribution in [0.1, 0.15) is 105 Å². The summed E-state index contributed by atoms with van der Waals surface area (Å²) in [5.74, 6) is 2.10. The van der Waals surface area contributed by atoms with Crippen molar-refractivity contribution in [3.63, 3.8) is 0 Å². The maximum Gasteiger partial charge on any atom is 0.146 e. The Morgan fingerprint density at radius 1 is 0.654 bits per heavy atom. The van der Waals surface area contributed by atoms with Crippen molar-refractivity contribution in [2.45, 2.75) is 111 Å². The Labute approximate surface area is 164 Å². The Balaban J connectivity index is 3.39. The molecule has 0 saturated carbocycles. The number of aliphatic hydroxyl groups is 1. The molecule has 3 heteroatoms. The van der Waals surface area contributed by atoms with E-state index in [-0.39, 0.29) is 6.10 Å². The first-order valence-corrected chi connectivity index (χ1v) is 11.3. The first-order chi connectivity index (χ1) is 12.5. The average Bonchev–Trinajstić information content (AvgIpc) is 2.54. The summed E-state index contributed by atoms with van der Waals surface area (Å²) in [5.41, 5.74) is 0. The number of hydrogen-bond acceptors (Lipinski definition) is 3. The molecule has 0 spiro atoms. The Kier molecular flexibility index (Phi) is 18.2. The average molecular weight is 373 g/mol. The fourth-order valence-electron chi connectivity index (χ4n) is 3.96. The second-order valence-corrected chi connectivity index (χ2v) is 8.72. The van der Waals surface area contributed by atoms with E-state index in [1.54, 1.807) is 0 Å². The van der Waals surface area contributed by atoms with Crippen molar-refractivity contribution in [1.82, 2.24) is 0 Å². The van der Waals surface area contributed by atoms with Crippen LogP contribution in [0.2, 0.25) is 0 Å². The van der Waals surface area contributed by atoms with Gasteiger partial charge in [0.15, 0.2) is 0 Å². The number of aliphatic hydroxyl groups excluding tert-OH is 1. The summed E-state index contributed by atoms with van der Waals surface area (Å²) in [7, 11) is 0. The lowest BCUT2D eigenvalue weighted by Crippen LogP contribution is -2.12. The molecule has 0 aromatic heterocycles. The number of rotatable bonds is 19. The molecule has 26 heavy (non-hydrogen) atoms. The molecule has 0 rings (SSSR count). The summed E-state index contributed by atoms with van der Waals surface area (Å²) in [5, 5.41) is 9.47. The van der Waals surface area contributed by atoms with Crippen LogP contribution in [0.3, 0.4) is 0 Å². The van der Waals surface area contributed by atoms with Gasteiger partial charge in [-0.05, 0) is 63.2 Å². The highest BCUT2D eigenvalue weighted by Crippen LogP contribution is 2.24. The van der Waals surface area contributed by atoms with Crippen LogP contribution in [-0.2, 0) is 9.47 Å². The van der Waals surface area contributed by atoms with E-state index >= 15 is 0 Å². The summed E-state index contributed by atoms with van der Waals surface area (Å²) in [6, 6.07) is 0. The first-order valence-electron chi connectivity index (χ1n) is 11.3. The molecule has 0 aromatic rings. The van der Waals surface area contributed by atoms with E-state index in [1.807, 2.05) is 6.92 Å². The van der Waals surface area contributed by atoms with Gasteiger partial charge in [-0.1, -0.05) is 59.8 Å². The van der Waals surface area contributed by atoms with Crippen LogP contribution in [0.5, 0.6) is 0 Å². The van der Waals surface area contributed by atoms with Gasteiger partial charge in [-0.3, -0.25) is 0 Å². The van der Waals surface area contributed by atoms with Crippen molar-refractivity contribution in [3.8, 4) is 0 Å². The monoisotopic (exact) mass is 372 g/mol. The Bertz CT molecular complexity index is 281. The van der Waals surface area contributed by atoms with Gasteiger partial charge in [-0.2, -0.15) is 0 Å². The molecule has 4 unspecified atom stereocenters. The van der Waals surface area contributed by atoms with E-state index < -0.39 is 0 Å². The molecule has 158 valence electrons. The molecule has 1 N–H and O–H groups in total. The van der Waals surface area contributed by atoms with E-state index in [9.17, 15) is 5.11 Å². The second-order valence-electron chi connectivity index (χ2n) is 8.72. The van der Waals surface area contributed by atoms with Gasteiger partial charge in [-0.25, -0.2) is 0 Å². The van der Waals surface area contributed by atoms with Crippen molar-refractivity contribution in [2.75, 3.05) is 20.0 Å². The van der Waals surface area contributed by atoms with Gasteiger partial charge in [0.2, 0.25) is 0 Å². The van der Waals surface area contributed by atoms with Crippen molar-refractivity contribution < 1.29 is 14.6 Å². The zero-order chi connectivity index (χ0) is 19.6. The molecule has 3 nitrogen and oxygen atoms in total. The second kappa shape index (κ2) is 18.3. The van der Waals surface area contributed by atoms with Crippen LogP contribution in [0.25, 0.3) is 0 Å². The zero-order valence-electron chi connectivity index (χ0n) is 18.5. The third-order valence-electron chi connectivity index (χ3n) is 5.15. The molecule has 0 amide bonds. The van der Waals surface area contributed by atoms with Gasteiger partial charge in [0.25, 0.3) is 0 Å². The predicted octanol–water partition coefficient (Wildman–Crippen LogP) is 6.58. The van der Waals surface area contributed by atoms with Crippen LogP contribution >= 0.6 is 0 Å². The van der Waals surface area contributed by atoms with Gasteiger partial charge in [0.1, 0.15) is 6.79 Å². The predicted molar refractivity (Wildman–Crippen MR) is 112 cm³/mol. The number of ether oxygens (including phenoxy) is 2. The summed E-state index contributed by atoms with van der Waals surface area (Å²) >= 11 is 0. The zero-order valence-corrected chi connectivity index (χ0v) is 18.5. The van der Waals surface area contributed by atoms with Crippen molar-refractivity contribution >= 4 is 0 Å². The van der Waals surface area contributed by atoms with Crippen LogP contribution in [0, 0.1) is 17.8 Å². The maximum absolute atomic E-state index is 9.47. The molecule has 0 fully saturated rings. The summed E-state index contributed by atoms with van der Waals surface area (Å²) in [6.07, 6.45) is 13.4. The summed E-state index contributed by atoms with van der Waals surface area (Å²) < 4.78 is 11.1. The lowest BCUT2D eigenvalue weighted by molar-refractivity contribution is -0.0561. The quantitative estimate of drug-likeness (QED) is 0.206. The van der Waals surface area contributed by atoms with Crippen molar-refractivity contribution in [2.24, 2.45) is 17.8 Å². The summed E-state index contributed by atoms with van der Waals surface area (Å²) in [6.45, 7) is 13.2. The van der Waals surface area contributed by atoms with Gasteiger partial charge < -0.3 is 14.6 Å². The van der Waals surface area contributed by atoms with E-state index in [1.165, 1.54) is 51.4 Å². The standard InChI is InChI=1S/C23H48O3/c1-6-7-8-9-10-11-14-25-19-26-15-12-13-20(2)16-21(3)17-22(4)18-23(5)24/h20-24H,6-19H2,1-5H3. The minimum Gasteiger partial charge on any atom is -0.393 e. The van der Waals surface area contributed by atoms with Gasteiger partial charge in [0, 0.05) is 13.2 Å². The van der Waals surface area contributed by atoms with Crippen molar-refractivity contribution in [3.05, 3.63) is 0 Å². The third kappa shape index (κ3) is 18.7. The van der Waals surface area contributed by atoms with E-state index in [2.05, 4.69) is 27.7 Å². The number of hydrogen-bond donors (Lipinski definition) is 1. The van der Waals surface area contributed by atoms with E-state index in [4.69, 9.17) is 9.47 Å².